The van der Waals surface area contributed by atoms with Crippen molar-refractivity contribution < 1.29 is 18.0 Å². The lowest BCUT2D eigenvalue weighted by molar-refractivity contribution is -0.116. The summed E-state index contributed by atoms with van der Waals surface area (Å²) in [4.78, 5) is 24.0. The number of hydrogen-bond donors (Lipinski definition) is 3. The number of amides is 2. The van der Waals surface area contributed by atoms with Crippen molar-refractivity contribution in [3.63, 3.8) is 0 Å². The van der Waals surface area contributed by atoms with E-state index in [0.717, 1.165) is 5.56 Å². The topological polar surface area (TPSA) is 104 Å². The summed E-state index contributed by atoms with van der Waals surface area (Å²) in [7, 11) is -3.89. The second kappa shape index (κ2) is 8.02. The van der Waals surface area contributed by atoms with Gasteiger partial charge in [-0.3, -0.25) is 14.3 Å². The highest BCUT2D eigenvalue weighted by molar-refractivity contribution is 7.92. The van der Waals surface area contributed by atoms with Crippen LogP contribution in [-0.2, 0) is 21.2 Å². The highest BCUT2D eigenvalue weighted by atomic mass is 32.2. The molecule has 1 aliphatic rings. The molecule has 0 fully saturated rings. The molecule has 2 aromatic rings. The van der Waals surface area contributed by atoms with Crippen LogP contribution in [0.1, 0.15) is 36.2 Å². The molecular formula is C20H23N3O4S. The maximum atomic E-state index is 12.9. The van der Waals surface area contributed by atoms with Gasteiger partial charge in [0.2, 0.25) is 5.91 Å². The quantitative estimate of drug-likeness (QED) is 0.692. The van der Waals surface area contributed by atoms with Crippen LogP contribution in [0, 0.1) is 5.92 Å². The van der Waals surface area contributed by atoms with Crippen LogP contribution < -0.4 is 15.4 Å². The molecule has 0 bridgehead atoms. The Morgan fingerprint density at radius 2 is 1.89 bits per heavy atom. The first-order chi connectivity index (χ1) is 13.3. The van der Waals surface area contributed by atoms with Gasteiger partial charge in [-0.1, -0.05) is 26.0 Å². The van der Waals surface area contributed by atoms with Crippen LogP contribution in [0.5, 0.6) is 0 Å². The fraction of sp³-hybridized carbons (Fsp3) is 0.300. The highest BCUT2D eigenvalue weighted by Gasteiger charge is 2.22. The summed E-state index contributed by atoms with van der Waals surface area (Å²) in [5, 5.41) is 5.52. The van der Waals surface area contributed by atoms with Crippen LogP contribution in [0.25, 0.3) is 0 Å². The lowest BCUT2D eigenvalue weighted by atomic mass is 10.0. The molecule has 0 saturated heterocycles. The minimum absolute atomic E-state index is 0.0810. The molecule has 8 heteroatoms. The predicted molar refractivity (Wildman–Crippen MR) is 108 cm³/mol. The van der Waals surface area contributed by atoms with E-state index in [1.165, 1.54) is 6.07 Å². The first kappa shape index (κ1) is 19.9. The number of sulfonamides is 1. The first-order valence-corrected chi connectivity index (χ1v) is 10.6. The van der Waals surface area contributed by atoms with Gasteiger partial charge in [-0.2, -0.15) is 0 Å². The third kappa shape index (κ3) is 4.51. The summed E-state index contributed by atoms with van der Waals surface area (Å²) in [5.41, 5.74) is 1.88. The van der Waals surface area contributed by atoms with Crippen molar-refractivity contribution in [2.75, 3.05) is 16.6 Å². The smallest absolute Gasteiger partial charge is 0.261 e. The standard InChI is InChI=1S/C20H23N3O4S/c1-13(2)12-21-20(25)16-5-3-4-6-18(16)23-28(26,27)15-8-9-17-14(11-15)7-10-19(24)22-17/h3-6,8-9,11,13,23H,7,10,12H2,1-2H3,(H,21,25)(H,22,24). The molecule has 28 heavy (non-hydrogen) atoms. The molecule has 7 nitrogen and oxygen atoms in total. The van der Waals surface area contributed by atoms with Gasteiger partial charge in [0.25, 0.3) is 15.9 Å². The van der Waals surface area contributed by atoms with Crippen LogP contribution in [0.15, 0.2) is 47.4 Å². The number of carbonyl (C=O) groups excluding carboxylic acids is 2. The molecule has 3 N–H and O–H groups in total. The number of aryl methyl sites for hydroxylation is 1. The summed E-state index contributed by atoms with van der Waals surface area (Å²) in [5.74, 6) is -0.133. The molecule has 1 heterocycles. The average molecular weight is 401 g/mol. The van der Waals surface area contributed by atoms with E-state index in [-0.39, 0.29) is 33.9 Å². The Morgan fingerprint density at radius 1 is 1.14 bits per heavy atom. The molecule has 1 aliphatic heterocycles. The van der Waals surface area contributed by atoms with E-state index >= 15 is 0 Å². The Kier molecular flexibility index (Phi) is 5.69. The van der Waals surface area contributed by atoms with Crippen molar-refractivity contribution in [2.45, 2.75) is 31.6 Å². The largest absolute Gasteiger partial charge is 0.352 e. The molecule has 148 valence electrons. The van der Waals surface area contributed by atoms with Crippen LogP contribution in [0.4, 0.5) is 11.4 Å². The van der Waals surface area contributed by atoms with E-state index in [1.54, 1.807) is 36.4 Å². The van der Waals surface area contributed by atoms with Gasteiger partial charge in [0, 0.05) is 18.7 Å². The summed E-state index contributed by atoms with van der Waals surface area (Å²) in [6, 6.07) is 11.1. The lowest BCUT2D eigenvalue weighted by Gasteiger charge is -2.18. The van der Waals surface area contributed by atoms with Crippen LogP contribution in [0.2, 0.25) is 0 Å². The van der Waals surface area contributed by atoms with Gasteiger partial charge < -0.3 is 10.6 Å². The van der Waals surface area contributed by atoms with Crippen molar-refractivity contribution in [1.29, 1.82) is 0 Å². The molecule has 0 spiro atoms. The zero-order chi connectivity index (χ0) is 20.3. The van der Waals surface area contributed by atoms with Crippen molar-refractivity contribution >= 4 is 33.2 Å². The number of nitrogens with one attached hydrogen (secondary N) is 3. The van der Waals surface area contributed by atoms with Crippen LogP contribution in [0.3, 0.4) is 0 Å². The molecule has 0 unspecified atom stereocenters. The molecule has 0 atom stereocenters. The molecule has 0 aromatic heterocycles. The van der Waals surface area contributed by atoms with E-state index in [2.05, 4.69) is 15.4 Å². The van der Waals surface area contributed by atoms with E-state index in [9.17, 15) is 18.0 Å². The van der Waals surface area contributed by atoms with Gasteiger partial charge in [0.05, 0.1) is 16.1 Å². The van der Waals surface area contributed by atoms with Gasteiger partial charge in [-0.25, -0.2) is 8.42 Å². The number of hydrogen-bond acceptors (Lipinski definition) is 4. The van der Waals surface area contributed by atoms with Gasteiger partial charge >= 0.3 is 0 Å². The van der Waals surface area contributed by atoms with E-state index < -0.39 is 10.0 Å². The maximum Gasteiger partial charge on any atom is 0.261 e. The molecule has 2 amide bonds. The second-order valence-corrected chi connectivity index (χ2v) is 8.80. The second-order valence-electron chi connectivity index (χ2n) is 7.12. The Bertz CT molecular complexity index is 1020. The van der Waals surface area contributed by atoms with Gasteiger partial charge in [-0.05, 0) is 48.2 Å². The zero-order valence-electron chi connectivity index (χ0n) is 15.8. The lowest BCUT2D eigenvalue weighted by Crippen LogP contribution is -2.28. The number of anilines is 2. The number of para-hydroxylation sites is 1. The minimum atomic E-state index is -3.89. The van der Waals surface area contributed by atoms with Crippen LogP contribution >= 0.6 is 0 Å². The Hall–Kier alpha value is -2.87. The number of benzene rings is 2. The highest BCUT2D eigenvalue weighted by Crippen LogP contribution is 2.27. The number of fused-ring (bicyclic) bond motifs is 1. The number of rotatable bonds is 6. The summed E-state index contributed by atoms with van der Waals surface area (Å²) in [6.45, 7) is 4.46. The third-order valence-corrected chi connectivity index (χ3v) is 5.73. The SMILES string of the molecule is CC(C)CNC(=O)c1ccccc1NS(=O)(=O)c1ccc2c(c1)CCC(=O)N2. The Balaban J connectivity index is 1.85. The fourth-order valence-electron chi connectivity index (χ4n) is 2.89. The molecule has 0 saturated carbocycles. The van der Waals surface area contributed by atoms with Gasteiger partial charge in [0.1, 0.15) is 0 Å². The summed E-state index contributed by atoms with van der Waals surface area (Å²) >= 11 is 0. The van der Waals surface area contributed by atoms with Crippen molar-refractivity contribution in [2.24, 2.45) is 5.92 Å². The van der Waals surface area contributed by atoms with Crippen molar-refractivity contribution in [3.05, 3.63) is 53.6 Å². The first-order valence-electron chi connectivity index (χ1n) is 9.09. The normalized spacial score (nSPS) is 13.6. The summed E-state index contributed by atoms with van der Waals surface area (Å²) < 4.78 is 28.2. The van der Waals surface area contributed by atoms with Gasteiger partial charge in [-0.15, -0.1) is 0 Å². The molecule has 3 rings (SSSR count). The predicted octanol–water partition coefficient (Wildman–Crippen LogP) is 2.76. The molecular weight excluding hydrogens is 378 g/mol. The van der Waals surface area contributed by atoms with E-state index in [4.69, 9.17) is 0 Å². The monoisotopic (exact) mass is 401 g/mol. The number of carbonyl (C=O) groups is 2. The minimum Gasteiger partial charge on any atom is -0.352 e. The zero-order valence-corrected chi connectivity index (χ0v) is 16.6. The van der Waals surface area contributed by atoms with Crippen molar-refractivity contribution in [1.82, 2.24) is 5.32 Å². The van der Waals surface area contributed by atoms with Crippen LogP contribution in [-0.4, -0.2) is 26.8 Å². The third-order valence-electron chi connectivity index (χ3n) is 4.37. The maximum absolute atomic E-state index is 12.9. The molecule has 0 aliphatic carbocycles. The molecule has 0 radical (unpaired) electrons. The Morgan fingerprint density at radius 3 is 2.64 bits per heavy atom. The summed E-state index contributed by atoms with van der Waals surface area (Å²) in [6.07, 6.45) is 0.807. The van der Waals surface area contributed by atoms with Gasteiger partial charge in [0.15, 0.2) is 0 Å². The average Bonchev–Trinajstić information content (AvgIpc) is 2.65. The molecule has 2 aromatic carbocycles. The van der Waals surface area contributed by atoms with E-state index in [1.807, 2.05) is 13.8 Å². The van der Waals surface area contributed by atoms with Crippen molar-refractivity contribution in [3.8, 4) is 0 Å². The van der Waals surface area contributed by atoms with E-state index in [0.29, 0.717) is 25.1 Å². The fourth-order valence-corrected chi connectivity index (χ4v) is 4.02. The Labute approximate surface area is 164 Å².